The zero-order valence-corrected chi connectivity index (χ0v) is 9.09. The maximum atomic E-state index is 2.36. The minimum Gasteiger partial charge on any atom is -1.00 e. The van der Waals surface area contributed by atoms with Gasteiger partial charge in [0.05, 0.1) is 6.54 Å². The summed E-state index contributed by atoms with van der Waals surface area (Å²) in [6.45, 7) is 6.83. The second-order valence-electron chi connectivity index (χ2n) is 3.61. The van der Waals surface area contributed by atoms with Crippen molar-refractivity contribution in [2.45, 2.75) is 20.4 Å². The monoisotopic (exact) mass is 199 g/mol. The van der Waals surface area contributed by atoms with Crippen molar-refractivity contribution in [3.05, 3.63) is 35.9 Å². The van der Waals surface area contributed by atoms with Crippen molar-refractivity contribution in [1.82, 2.24) is 0 Å². The predicted octanol–water partition coefficient (Wildman–Crippen LogP) is -1.59. The van der Waals surface area contributed by atoms with E-state index in [0.29, 0.717) is 0 Å². The first-order valence-electron chi connectivity index (χ1n) is 4.64. The van der Waals surface area contributed by atoms with Crippen molar-refractivity contribution in [2.75, 3.05) is 6.54 Å². The highest BCUT2D eigenvalue weighted by Gasteiger charge is 1.96. The molecule has 74 valence electrons. The molecule has 13 heavy (non-hydrogen) atoms. The first kappa shape index (κ1) is 12.5. The van der Waals surface area contributed by atoms with Gasteiger partial charge in [-0.2, -0.15) is 0 Å². The lowest BCUT2D eigenvalue weighted by molar-refractivity contribution is -0.675. The zero-order chi connectivity index (χ0) is 8.81. The molecule has 0 saturated carbocycles. The van der Waals surface area contributed by atoms with Gasteiger partial charge in [0, 0.05) is 11.5 Å². The minimum absolute atomic E-state index is 0. The molecule has 0 spiro atoms. The van der Waals surface area contributed by atoms with E-state index in [4.69, 9.17) is 0 Å². The molecule has 1 aromatic carbocycles. The molecule has 0 bridgehead atoms. The lowest BCUT2D eigenvalue weighted by Gasteiger charge is -2.03. The molecule has 0 unspecified atom stereocenters. The van der Waals surface area contributed by atoms with Gasteiger partial charge in [-0.1, -0.05) is 44.2 Å². The van der Waals surface area contributed by atoms with Crippen molar-refractivity contribution in [2.24, 2.45) is 5.92 Å². The maximum absolute atomic E-state index is 2.36. The Morgan fingerprint density at radius 1 is 1.15 bits per heavy atom. The first-order valence-corrected chi connectivity index (χ1v) is 4.64. The van der Waals surface area contributed by atoms with Gasteiger partial charge in [-0.3, -0.25) is 0 Å². The molecule has 0 radical (unpaired) electrons. The Morgan fingerprint density at radius 3 is 2.31 bits per heavy atom. The summed E-state index contributed by atoms with van der Waals surface area (Å²) in [6, 6.07) is 10.6. The molecule has 0 amide bonds. The summed E-state index contributed by atoms with van der Waals surface area (Å²) in [5, 5.41) is 2.36. The molecule has 0 heterocycles. The highest BCUT2D eigenvalue weighted by Crippen LogP contribution is 1.94. The Morgan fingerprint density at radius 2 is 1.77 bits per heavy atom. The minimum atomic E-state index is 0. The van der Waals surface area contributed by atoms with Crippen molar-refractivity contribution < 1.29 is 17.7 Å². The van der Waals surface area contributed by atoms with Gasteiger partial charge in [0.15, 0.2) is 0 Å². The van der Waals surface area contributed by atoms with Crippen LogP contribution in [0.25, 0.3) is 0 Å². The molecule has 1 rings (SSSR count). The van der Waals surface area contributed by atoms with Crippen LogP contribution in [0.3, 0.4) is 0 Å². The van der Waals surface area contributed by atoms with E-state index in [1.807, 2.05) is 0 Å². The number of halogens is 1. The van der Waals surface area contributed by atoms with Crippen molar-refractivity contribution in [3.8, 4) is 0 Å². The van der Waals surface area contributed by atoms with E-state index >= 15 is 0 Å². The summed E-state index contributed by atoms with van der Waals surface area (Å²) in [5.41, 5.74) is 1.41. The fourth-order valence-electron chi connectivity index (χ4n) is 1.20. The third-order valence-electron chi connectivity index (χ3n) is 1.86. The lowest BCUT2D eigenvalue weighted by atomic mass is 10.2. The highest BCUT2D eigenvalue weighted by molar-refractivity contribution is 5.12. The third kappa shape index (κ3) is 5.67. The Kier molecular flexibility index (Phi) is 6.65. The number of quaternary nitrogens is 1. The zero-order valence-electron chi connectivity index (χ0n) is 8.33. The first-order chi connectivity index (χ1) is 5.79. The lowest BCUT2D eigenvalue weighted by Crippen LogP contribution is -3.00. The fraction of sp³-hybridized carbons (Fsp3) is 0.455. The van der Waals surface area contributed by atoms with Gasteiger partial charge in [0.2, 0.25) is 0 Å². The van der Waals surface area contributed by atoms with Gasteiger partial charge in [-0.05, 0) is 0 Å². The molecule has 0 aromatic heterocycles. The van der Waals surface area contributed by atoms with Crippen molar-refractivity contribution in [1.29, 1.82) is 0 Å². The predicted molar refractivity (Wildman–Crippen MR) is 51.8 cm³/mol. The molecule has 0 aliphatic heterocycles. The van der Waals surface area contributed by atoms with Crippen LogP contribution < -0.4 is 17.7 Å². The van der Waals surface area contributed by atoms with Crippen molar-refractivity contribution in [3.63, 3.8) is 0 Å². The summed E-state index contributed by atoms with van der Waals surface area (Å²) in [4.78, 5) is 0. The summed E-state index contributed by atoms with van der Waals surface area (Å²) in [7, 11) is 0. The van der Waals surface area contributed by atoms with Crippen molar-refractivity contribution >= 4 is 0 Å². The SMILES string of the molecule is CC(C)C[NH2+]Cc1ccccc1.[Cl-]. The number of rotatable bonds is 4. The average Bonchev–Trinajstić information content (AvgIpc) is 2.05. The van der Waals surface area contributed by atoms with Crippen LogP contribution in [0.15, 0.2) is 30.3 Å². The Bertz CT molecular complexity index is 209. The van der Waals surface area contributed by atoms with Crippen LogP contribution in [0.5, 0.6) is 0 Å². The van der Waals surface area contributed by atoms with E-state index in [-0.39, 0.29) is 12.4 Å². The van der Waals surface area contributed by atoms with E-state index in [2.05, 4.69) is 49.5 Å². The topological polar surface area (TPSA) is 16.6 Å². The molecule has 2 heteroatoms. The van der Waals surface area contributed by atoms with E-state index in [9.17, 15) is 0 Å². The van der Waals surface area contributed by atoms with Crippen LogP contribution in [0.2, 0.25) is 0 Å². The second-order valence-corrected chi connectivity index (χ2v) is 3.61. The van der Waals surface area contributed by atoms with Gasteiger partial charge in [-0.25, -0.2) is 0 Å². The number of benzene rings is 1. The van der Waals surface area contributed by atoms with Crippen LogP contribution >= 0.6 is 0 Å². The quantitative estimate of drug-likeness (QED) is 0.603. The molecule has 0 aliphatic rings. The van der Waals surface area contributed by atoms with E-state index in [1.54, 1.807) is 0 Å². The smallest absolute Gasteiger partial charge is 0.101 e. The Labute approximate surface area is 87.0 Å². The summed E-state index contributed by atoms with van der Waals surface area (Å²) in [5.74, 6) is 0.786. The van der Waals surface area contributed by atoms with E-state index in [1.165, 1.54) is 12.1 Å². The number of hydrogen-bond donors (Lipinski definition) is 1. The molecule has 1 nitrogen and oxygen atoms in total. The molecule has 1 aromatic rings. The normalized spacial score (nSPS) is 9.77. The van der Waals surface area contributed by atoms with Gasteiger partial charge in [0.25, 0.3) is 0 Å². The molecular weight excluding hydrogens is 182 g/mol. The van der Waals surface area contributed by atoms with Crippen LogP contribution in [0.4, 0.5) is 0 Å². The number of hydrogen-bond acceptors (Lipinski definition) is 0. The number of nitrogens with two attached hydrogens (primary N) is 1. The largest absolute Gasteiger partial charge is 1.00 e. The maximum Gasteiger partial charge on any atom is 0.101 e. The fourth-order valence-corrected chi connectivity index (χ4v) is 1.20. The standard InChI is InChI=1S/C11H17N.ClH/c1-10(2)8-12-9-11-6-4-3-5-7-11;/h3-7,10,12H,8-9H2,1-2H3;1H. The summed E-state index contributed by atoms with van der Waals surface area (Å²) >= 11 is 0. The van der Waals surface area contributed by atoms with Crippen LogP contribution in [-0.4, -0.2) is 6.54 Å². The van der Waals surface area contributed by atoms with Gasteiger partial charge in [-0.15, -0.1) is 0 Å². The average molecular weight is 200 g/mol. The second kappa shape index (κ2) is 6.93. The molecule has 0 atom stereocenters. The van der Waals surface area contributed by atoms with Gasteiger partial charge in [0.1, 0.15) is 6.54 Å². The van der Waals surface area contributed by atoms with E-state index < -0.39 is 0 Å². The third-order valence-corrected chi connectivity index (χ3v) is 1.86. The van der Waals surface area contributed by atoms with Crippen LogP contribution in [0.1, 0.15) is 19.4 Å². The Hall–Kier alpha value is -0.530. The molecule has 0 fully saturated rings. The molecular formula is C11H18ClN. The highest BCUT2D eigenvalue weighted by atomic mass is 35.5. The van der Waals surface area contributed by atoms with E-state index in [0.717, 1.165) is 12.5 Å². The summed E-state index contributed by atoms with van der Waals surface area (Å²) < 4.78 is 0. The molecule has 2 N–H and O–H groups in total. The summed E-state index contributed by atoms with van der Waals surface area (Å²) in [6.07, 6.45) is 0. The van der Waals surface area contributed by atoms with Crippen LogP contribution in [0, 0.1) is 5.92 Å². The van der Waals surface area contributed by atoms with Gasteiger partial charge < -0.3 is 17.7 Å². The Balaban J connectivity index is 0.00000144. The molecule has 0 aliphatic carbocycles. The molecule has 0 saturated heterocycles. The van der Waals surface area contributed by atoms with Crippen LogP contribution in [-0.2, 0) is 6.54 Å². The van der Waals surface area contributed by atoms with Gasteiger partial charge >= 0.3 is 0 Å².